The van der Waals surface area contributed by atoms with Gasteiger partial charge in [-0.05, 0) is 24.5 Å². The predicted molar refractivity (Wildman–Crippen MR) is 117 cm³/mol. The first-order valence-corrected chi connectivity index (χ1v) is 9.84. The zero-order valence-electron chi connectivity index (χ0n) is 17.9. The number of hydrogen-bond acceptors (Lipinski definition) is 8. The van der Waals surface area contributed by atoms with Crippen LogP contribution in [0.5, 0.6) is 5.88 Å². The van der Waals surface area contributed by atoms with Crippen molar-refractivity contribution in [2.75, 3.05) is 24.3 Å². The van der Waals surface area contributed by atoms with E-state index in [0.717, 1.165) is 12.5 Å². The number of amides is 1. The highest BCUT2D eigenvalue weighted by Gasteiger charge is 2.19. The molecule has 0 spiro atoms. The fourth-order valence-electron chi connectivity index (χ4n) is 3.32. The number of aryl methyl sites for hydroxylation is 1. The molecule has 10 nitrogen and oxygen atoms in total. The minimum Gasteiger partial charge on any atom is -0.479 e. The lowest BCUT2D eigenvalue weighted by Crippen LogP contribution is -2.31. The summed E-state index contributed by atoms with van der Waals surface area (Å²) in [6, 6.07) is 2.63. The first-order chi connectivity index (χ1) is 14.7. The third-order valence-electron chi connectivity index (χ3n) is 4.72. The molecule has 0 aliphatic rings. The molecule has 1 amide bonds. The minimum atomic E-state index is -0.814. The van der Waals surface area contributed by atoms with Gasteiger partial charge >= 0.3 is 0 Å². The standard InChI is InChI=1S/C20H27FN8O2/c1-10(2)5-11(8-22)25-18-15(21)7-13(16(23)30)17(27-18)26-12-6-14-19(24-9-12)29(3)28-20(14)31-4/h6-7,9-11H,5,8,22H2,1-4H3,(H2,23,30)(H2,25,26,27)/t11-/m1/s1. The Morgan fingerprint density at radius 1 is 1.32 bits per heavy atom. The minimum absolute atomic E-state index is 0.0170. The van der Waals surface area contributed by atoms with Crippen LogP contribution in [-0.2, 0) is 7.05 Å². The Kier molecular flexibility index (Phi) is 6.54. The Bertz CT molecular complexity index is 1100. The van der Waals surface area contributed by atoms with E-state index in [0.29, 0.717) is 35.1 Å². The van der Waals surface area contributed by atoms with Crippen molar-refractivity contribution >= 4 is 34.3 Å². The number of pyridine rings is 2. The van der Waals surface area contributed by atoms with Gasteiger partial charge in [0, 0.05) is 19.6 Å². The van der Waals surface area contributed by atoms with Crippen LogP contribution in [0.1, 0.15) is 30.6 Å². The Morgan fingerprint density at radius 3 is 2.68 bits per heavy atom. The van der Waals surface area contributed by atoms with Crippen LogP contribution >= 0.6 is 0 Å². The van der Waals surface area contributed by atoms with Crippen LogP contribution in [0.25, 0.3) is 11.0 Å². The van der Waals surface area contributed by atoms with Crippen LogP contribution in [0.3, 0.4) is 0 Å². The van der Waals surface area contributed by atoms with E-state index in [1.54, 1.807) is 24.0 Å². The molecule has 0 aliphatic carbocycles. The molecule has 0 fully saturated rings. The molecular formula is C20H27FN8O2. The second-order valence-electron chi connectivity index (χ2n) is 7.64. The molecule has 0 saturated carbocycles. The van der Waals surface area contributed by atoms with Gasteiger partial charge in [-0.2, -0.15) is 0 Å². The highest BCUT2D eigenvalue weighted by atomic mass is 19.1. The molecule has 1 atom stereocenters. The van der Waals surface area contributed by atoms with Crippen molar-refractivity contribution in [2.24, 2.45) is 24.4 Å². The highest BCUT2D eigenvalue weighted by molar-refractivity contribution is 5.99. The summed E-state index contributed by atoms with van der Waals surface area (Å²) in [6.45, 7) is 4.40. The number of carbonyl (C=O) groups excluding carboxylic acids is 1. The van der Waals surface area contributed by atoms with Crippen LogP contribution in [-0.4, -0.2) is 45.4 Å². The lowest BCUT2D eigenvalue weighted by Gasteiger charge is -2.21. The van der Waals surface area contributed by atoms with Crippen LogP contribution in [0.4, 0.5) is 21.7 Å². The Balaban J connectivity index is 1.99. The molecule has 3 aromatic heterocycles. The maximum atomic E-state index is 14.6. The van der Waals surface area contributed by atoms with Gasteiger partial charge in [0.05, 0.1) is 29.9 Å². The molecule has 3 rings (SSSR count). The molecular weight excluding hydrogens is 403 g/mol. The van der Waals surface area contributed by atoms with E-state index in [9.17, 15) is 9.18 Å². The molecule has 6 N–H and O–H groups in total. The summed E-state index contributed by atoms with van der Waals surface area (Å²) in [5.41, 5.74) is 12.3. The molecule has 0 saturated heterocycles. The van der Waals surface area contributed by atoms with Crippen LogP contribution in [0.2, 0.25) is 0 Å². The molecule has 11 heteroatoms. The maximum Gasteiger partial charge on any atom is 0.252 e. The predicted octanol–water partition coefficient (Wildman–Crippen LogP) is 2.14. The zero-order valence-corrected chi connectivity index (χ0v) is 17.9. The average Bonchev–Trinajstić information content (AvgIpc) is 3.04. The summed E-state index contributed by atoms with van der Waals surface area (Å²) in [4.78, 5) is 20.5. The van der Waals surface area contributed by atoms with E-state index in [4.69, 9.17) is 16.2 Å². The van der Waals surface area contributed by atoms with Gasteiger partial charge in [-0.1, -0.05) is 13.8 Å². The number of ether oxygens (including phenoxy) is 1. The number of hydrogen-bond donors (Lipinski definition) is 4. The number of nitrogens with two attached hydrogens (primary N) is 2. The van der Waals surface area contributed by atoms with E-state index in [-0.39, 0.29) is 23.2 Å². The molecule has 0 aliphatic heterocycles. The fourth-order valence-corrected chi connectivity index (χ4v) is 3.32. The molecule has 0 bridgehead atoms. The lowest BCUT2D eigenvalue weighted by molar-refractivity contribution is 0.100. The van der Waals surface area contributed by atoms with E-state index >= 15 is 0 Å². The van der Waals surface area contributed by atoms with E-state index in [1.165, 1.54) is 7.11 Å². The Hall–Kier alpha value is -3.47. The summed E-state index contributed by atoms with van der Waals surface area (Å²) < 4.78 is 21.5. The quantitative estimate of drug-likeness (QED) is 0.404. The van der Waals surface area contributed by atoms with Crippen molar-refractivity contribution in [1.29, 1.82) is 0 Å². The molecule has 0 radical (unpaired) electrons. The summed E-state index contributed by atoms with van der Waals surface area (Å²) >= 11 is 0. The third kappa shape index (κ3) is 4.82. The largest absolute Gasteiger partial charge is 0.479 e. The van der Waals surface area contributed by atoms with Gasteiger partial charge in [-0.3, -0.25) is 4.79 Å². The molecule has 31 heavy (non-hydrogen) atoms. The molecule has 166 valence electrons. The van der Waals surface area contributed by atoms with Crippen molar-refractivity contribution in [2.45, 2.75) is 26.3 Å². The van der Waals surface area contributed by atoms with Crippen molar-refractivity contribution in [1.82, 2.24) is 19.7 Å². The van der Waals surface area contributed by atoms with Gasteiger partial charge in [-0.15, -0.1) is 5.10 Å². The molecule has 3 aromatic rings. The zero-order chi connectivity index (χ0) is 22.7. The number of methoxy groups -OCH3 is 1. The normalized spacial score (nSPS) is 12.2. The van der Waals surface area contributed by atoms with Gasteiger partial charge in [0.25, 0.3) is 5.91 Å². The smallest absolute Gasteiger partial charge is 0.252 e. The van der Waals surface area contributed by atoms with Gasteiger partial charge in [-0.25, -0.2) is 19.0 Å². The van der Waals surface area contributed by atoms with Crippen LogP contribution < -0.4 is 26.8 Å². The number of primary amides is 1. The number of carbonyl (C=O) groups is 1. The lowest BCUT2D eigenvalue weighted by atomic mass is 10.0. The summed E-state index contributed by atoms with van der Waals surface area (Å²) in [5, 5.41) is 10.9. The second-order valence-corrected chi connectivity index (χ2v) is 7.64. The monoisotopic (exact) mass is 430 g/mol. The number of halogens is 1. The van der Waals surface area contributed by atoms with E-state index < -0.39 is 11.7 Å². The number of anilines is 3. The number of nitrogens with one attached hydrogen (secondary N) is 2. The Morgan fingerprint density at radius 2 is 2.06 bits per heavy atom. The summed E-state index contributed by atoms with van der Waals surface area (Å²) in [6.07, 6.45) is 2.28. The SMILES string of the molecule is COc1nn(C)c2ncc(Nc3nc(N[C@@H](CN)CC(C)C)c(F)cc3C(N)=O)cc12. The topological polar surface area (TPSA) is 146 Å². The number of nitrogens with zero attached hydrogens (tertiary/aromatic N) is 4. The van der Waals surface area contributed by atoms with Gasteiger partial charge in [0.1, 0.15) is 5.82 Å². The van der Waals surface area contributed by atoms with Gasteiger partial charge in [0.2, 0.25) is 5.88 Å². The van der Waals surface area contributed by atoms with Crippen molar-refractivity contribution in [3.8, 4) is 5.88 Å². The fraction of sp³-hybridized carbons (Fsp3) is 0.400. The van der Waals surface area contributed by atoms with E-state index in [1.807, 2.05) is 13.8 Å². The first-order valence-electron chi connectivity index (χ1n) is 9.84. The molecule has 0 aromatic carbocycles. The van der Waals surface area contributed by atoms with Gasteiger partial charge in [0.15, 0.2) is 17.3 Å². The van der Waals surface area contributed by atoms with Gasteiger partial charge < -0.3 is 26.8 Å². The third-order valence-corrected chi connectivity index (χ3v) is 4.72. The van der Waals surface area contributed by atoms with Crippen LogP contribution in [0.15, 0.2) is 18.3 Å². The molecule has 0 unspecified atom stereocenters. The summed E-state index contributed by atoms with van der Waals surface area (Å²) in [5.74, 6) is -0.663. The summed E-state index contributed by atoms with van der Waals surface area (Å²) in [7, 11) is 3.26. The van der Waals surface area contributed by atoms with Crippen molar-refractivity contribution in [3.05, 3.63) is 29.7 Å². The number of fused-ring (bicyclic) bond motifs is 1. The first kappa shape index (κ1) is 22.2. The second kappa shape index (κ2) is 9.13. The van der Waals surface area contributed by atoms with Crippen molar-refractivity contribution in [3.63, 3.8) is 0 Å². The Labute approximate surface area is 179 Å². The van der Waals surface area contributed by atoms with E-state index in [2.05, 4.69) is 25.7 Å². The molecule has 3 heterocycles. The van der Waals surface area contributed by atoms with Crippen molar-refractivity contribution < 1.29 is 13.9 Å². The van der Waals surface area contributed by atoms with Crippen LogP contribution in [0, 0.1) is 11.7 Å². The average molecular weight is 430 g/mol. The number of rotatable bonds is 9. The maximum absolute atomic E-state index is 14.6. The number of aromatic nitrogens is 4. The highest BCUT2D eigenvalue weighted by Crippen LogP contribution is 2.28.